The predicted octanol–water partition coefficient (Wildman–Crippen LogP) is 8.27. The molecule has 0 amide bonds. The van der Waals surface area contributed by atoms with Gasteiger partial charge in [-0.05, 0) is 160 Å². The molecule has 254 valence electrons. The van der Waals surface area contributed by atoms with Crippen molar-refractivity contribution in [2.75, 3.05) is 0 Å². The van der Waals surface area contributed by atoms with Gasteiger partial charge in [0.2, 0.25) is 0 Å². The van der Waals surface area contributed by atoms with Crippen molar-refractivity contribution in [1.82, 2.24) is 0 Å². The third kappa shape index (κ3) is 4.83. The molecule has 8 bridgehead atoms. The van der Waals surface area contributed by atoms with Crippen molar-refractivity contribution < 1.29 is 38.9 Å². The number of aromatic carboxylic acids is 2. The molecule has 8 saturated carbocycles. The summed E-state index contributed by atoms with van der Waals surface area (Å²) in [5.74, 6) is 0.175. The van der Waals surface area contributed by atoms with E-state index in [0.717, 1.165) is 51.4 Å². The van der Waals surface area contributed by atoms with Gasteiger partial charge in [-0.25, -0.2) is 19.2 Å². The van der Waals surface area contributed by atoms with Gasteiger partial charge in [-0.15, -0.1) is 0 Å². The number of carbonyl (C=O) groups is 4. The summed E-state index contributed by atoms with van der Waals surface area (Å²) < 4.78 is 12.9. The SMILES string of the molecule is CCC1(OC(=O)c2cc(-c3ccc(C(=O)O)c(C(=O)OC4(CC)C5CC6CC(C5)CC4C6)c3)ccc2C(=O)O)C2CC3CC(C2)CC1C3. The van der Waals surface area contributed by atoms with E-state index < -0.39 is 35.1 Å². The number of rotatable bonds is 9. The Hall–Kier alpha value is -3.68. The summed E-state index contributed by atoms with van der Waals surface area (Å²) >= 11 is 0. The summed E-state index contributed by atoms with van der Waals surface area (Å²) in [5.41, 5.74) is -0.563. The molecule has 8 aliphatic rings. The van der Waals surface area contributed by atoms with Crippen LogP contribution in [0.15, 0.2) is 36.4 Å². The molecule has 2 aromatic carbocycles. The zero-order valence-electron chi connectivity index (χ0n) is 27.9. The largest absolute Gasteiger partial charge is 0.478 e. The summed E-state index contributed by atoms with van der Waals surface area (Å²) in [6.07, 6.45) is 12.3. The molecule has 8 aliphatic carbocycles. The Balaban J connectivity index is 1.11. The fraction of sp³-hybridized carbons (Fsp3) is 0.600. The Morgan fingerprint density at radius 1 is 0.542 bits per heavy atom. The van der Waals surface area contributed by atoms with Crippen LogP contribution >= 0.6 is 0 Å². The molecule has 0 unspecified atom stereocenters. The molecule has 0 heterocycles. The number of carboxylic acid groups (broad SMARTS) is 2. The maximum absolute atomic E-state index is 14.0. The maximum atomic E-state index is 14.0. The molecule has 48 heavy (non-hydrogen) atoms. The van der Waals surface area contributed by atoms with Crippen LogP contribution in [0, 0.1) is 47.3 Å². The average molecular weight is 655 g/mol. The molecule has 8 nitrogen and oxygen atoms in total. The standard InChI is InChI=1S/C40H46O8/c1-3-39(27-11-21-9-22(13-27)14-28(39)12-21)47-37(45)33-19-25(5-7-31(33)35(41)42)26-6-8-32(36(43)44)34(20-26)38(46)48-40(4-2)29-15-23-10-24(17-29)18-30(40)16-23/h5-8,19-24,27-30H,3-4,9-18H2,1-2H3,(H,41,42)(H,43,44). The van der Waals surface area contributed by atoms with Crippen molar-refractivity contribution >= 4 is 23.9 Å². The lowest BCUT2D eigenvalue weighted by molar-refractivity contribution is -0.177. The summed E-state index contributed by atoms with van der Waals surface area (Å²) in [4.78, 5) is 52.7. The van der Waals surface area contributed by atoms with E-state index in [1.807, 2.05) is 0 Å². The number of carboxylic acids is 2. The number of benzene rings is 2. The van der Waals surface area contributed by atoms with Crippen molar-refractivity contribution in [3.63, 3.8) is 0 Å². The van der Waals surface area contributed by atoms with Crippen LogP contribution in [0.25, 0.3) is 11.1 Å². The van der Waals surface area contributed by atoms with Crippen LogP contribution in [0.4, 0.5) is 0 Å². The van der Waals surface area contributed by atoms with E-state index >= 15 is 0 Å². The molecular weight excluding hydrogens is 608 g/mol. The molecule has 0 aromatic heterocycles. The Labute approximate surface area is 281 Å². The summed E-state index contributed by atoms with van der Waals surface area (Å²) in [6, 6.07) is 9.01. The van der Waals surface area contributed by atoms with Gasteiger partial charge in [-0.2, -0.15) is 0 Å². The quantitative estimate of drug-likeness (QED) is 0.259. The second kappa shape index (κ2) is 11.4. The van der Waals surface area contributed by atoms with E-state index in [2.05, 4.69) is 13.8 Å². The smallest absolute Gasteiger partial charge is 0.339 e. The lowest BCUT2D eigenvalue weighted by Crippen LogP contribution is -2.59. The number of carbonyl (C=O) groups excluding carboxylic acids is 2. The van der Waals surface area contributed by atoms with E-state index in [0.29, 0.717) is 47.6 Å². The van der Waals surface area contributed by atoms with Gasteiger partial charge in [-0.3, -0.25) is 0 Å². The molecular formula is C40H46O8. The van der Waals surface area contributed by atoms with Crippen LogP contribution in [0.2, 0.25) is 0 Å². The van der Waals surface area contributed by atoms with Crippen molar-refractivity contribution in [1.29, 1.82) is 0 Å². The van der Waals surface area contributed by atoms with Gasteiger partial charge in [0, 0.05) is 0 Å². The highest BCUT2D eigenvalue weighted by Gasteiger charge is 2.60. The van der Waals surface area contributed by atoms with Gasteiger partial charge >= 0.3 is 23.9 Å². The molecule has 0 aliphatic heterocycles. The average Bonchev–Trinajstić information content (AvgIpc) is 3.06. The van der Waals surface area contributed by atoms with Crippen molar-refractivity contribution in [3.8, 4) is 11.1 Å². The predicted molar refractivity (Wildman–Crippen MR) is 177 cm³/mol. The van der Waals surface area contributed by atoms with Crippen LogP contribution in [-0.2, 0) is 9.47 Å². The first-order valence-corrected chi connectivity index (χ1v) is 18.2. The van der Waals surface area contributed by atoms with Crippen molar-refractivity contribution in [2.45, 2.75) is 102 Å². The van der Waals surface area contributed by atoms with Crippen LogP contribution in [-0.4, -0.2) is 45.3 Å². The fourth-order valence-corrected chi connectivity index (χ4v) is 12.2. The third-order valence-corrected chi connectivity index (χ3v) is 14.0. The molecule has 8 heteroatoms. The summed E-state index contributed by atoms with van der Waals surface area (Å²) in [6.45, 7) is 4.14. The third-order valence-electron chi connectivity index (χ3n) is 14.0. The fourth-order valence-electron chi connectivity index (χ4n) is 12.2. The number of hydrogen-bond donors (Lipinski definition) is 2. The zero-order chi connectivity index (χ0) is 33.5. The lowest BCUT2D eigenvalue weighted by Gasteiger charge is -2.60. The summed E-state index contributed by atoms with van der Waals surface area (Å²) in [7, 11) is 0. The van der Waals surface area contributed by atoms with Gasteiger partial charge in [0.05, 0.1) is 22.3 Å². The molecule has 0 spiro atoms. The monoisotopic (exact) mass is 654 g/mol. The van der Waals surface area contributed by atoms with Crippen molar-refractivity contribution in [3.05, 3.63) is 58.7 Å². The molecule has 2 aromatic rings. The molecule has 10 rings (SSSR count). The normalized spacial score (nSPS) is 37.0. The van der Waals surface area contributed by atoms with E-state index in [4.69, 9.17) is 9.47 Å². The molecule has 0 saturated heterocycles. The minimum atomic E-state index is -1.23. The summed E-state index contributed by atoms with van der Waals surface area (Å²) in [5, 5.41) is 20.2. The minimum Gasteiger partial charge on any atom is -0.478 e. The Morgan fingerprint density at radius 2 is 0.854 bits per heavy atom. The van der Waals surface area contributed by atoms with Gasteiger partial charge in [0.25, 0.3) is 0 Å². The highest BCUT2D eigenvalue weighted by Crippen LogP contribution is 2.62. The van der Waals surface area contributed by atoms with E-state index in [1.165, 1.54) is 37.1 Å². The first-order chi connectivity index (χ1) is 23.0. The topological polar surface area (TPSA) is 127 Å². The minimum absolute atomic E-state index is 0.0356. The highest BCUT2D eigenvalue weighted by atomic mass is 16.6. The maximum Gasteiger partial charge on any atom is 0.339 e. The molecule has 0 atom stereocenters. The van der Waals surface area contributed by atoms with E-state index in [-0.39, 0.29) is 45.9 Å². The van der Waals surface area contributed by atoms with Gasteiger partial charge in [0.1, 0.15) is 11.2 Å². The van der Waals surface area contributed by atoms with Crippen LogP contribution < -0.4 is 0 Å². The van der Waals surface area contributed by atoms with Crippen LogP contribution in [0.5, 0.6) is 0 Å². The van der Waals surface area contributed by atoms with Crippen LogP contribution in [0.3, 0.4) is 0 Å². The number of esters is 2. The lowest BCUT2D eigenvalue weighted by atomic mass is 9.49. The van der Waals surface area contributed by atoms with Gasteiger partial charge in [0.15, 0.2) is 0 Å². The van der Waals surface area contributed by atoms with Gasteiger partial charge in [-0.1, -0.05) is 26.0 Å². The highest BCUT2D eigenvalue weighted by molar-refractivity contribution is 6.05. The Bertz CT molecular complexity index is 1510. The second-order valence-corrected chi connectivity index (χ2v) is 16.1. The van der Waals surface area contributed by atoms with E-state index in [9.17, 15) is 29.4 Å². The molecule has 2 N–H and O–H groups in total. The van der Waals surface area contributed by atoms with E-state index in [1.54, 1.807) is 12.1 Å². The first kappa shape index (κ1) is 31.6. The first-order valence-electron chi connectivity index (χ1n) is 18.2. The Morgan fingerprint density at radius 3 is 1.12 bits per heavy atom. The molecule has 0 radical (unpaired) electrons. The second-order valence-electron chi connectivity index (χ2n) is 16.1. The van der Waals surface area contributed by atoms with Gasteiger partial charge < -0.3 is 19.7 Å². The number of hydrogen-bond acceptors (Lipinski definition) is 6. The van der Waals surface area contributed by atoms with Crippen LogP contribution in [0.1, 0.15) is 132 Å². The molecule has 8 fully saturated rings. The number of ether oxygens (including phenoxy) is 2. The van der Waals surface area contributed by atoms with Crippen molar-refractivity contribution in [2.24, 2.45) is 47.3 Å². The Kier molecular flexibility index (Phi) is 7.53. The zero-order valence-corrected chi connectivity index (χ0v) is 27.9.